The molecular weight excluding hydrogens is 284 g/mol. The summed E-state index contributed by atoms with van der Waals surface area (Å²) in [7, 11) is 0. The van der Waals surface area contributed by atoms with Gasteiger partial charge in [-0.25, -0.2) is 0 Å². The van der Waals surface area contributed by atoms with E-state index in [4.69, 9.17) is 18.0 Å². The van der Waals surface area contributed by atoms with Crippen LogP contribution in [0.2, 0.25) is 0 Å². The van der Waals surface area contributed by atoms with Crippen LogP contribution in [0.1, 0.15) is 18.9 Å². The Morgan fingerprint density at radius 2 is 2.25 bits per heavy atom. The summed E-state index contributed by atoms with van der Waals surface area (Å²) in [4.78, 5) is 2.92. The van der Waals surface area contributed by atoms with E-state index in [0.717, 1.165) is 30.5 Å². The van der Waals surface area contributed by atoms with Crippen molar-refractivity contribution in [2.75, 3.05) is 13.1 Å². The third-order valence-corrected chi connectivity index (χ3v) is 3.11. The molecule has 88 valence electrons. The molecule has 0 heterocycles. The molecule has 0 amide bonds. The largest absolute Gasteiger partial charge is 0.393 e. The summed E-state index contributed by atoms with van der Waals surface area (Å²) in [5.41, 5.74) is 6.82. The summed E-state index contributed by atoms with van der Waals surface area (Å²) in [5, 5.41) is 0. The average Bonchev–Trinajstić information content (AvgIpc) is 2.24. The van der Waals surface area contributed by atoms with Crippen molar-refractivity contribution in [2.24, 2.45) is 5.73 Å². The number of hydrogen-bond donors (Lipinski definition) is 1. The lowest BCUT2D eigenvalue weighted by Gasteiger charge is -2.20. The third-order valence-electron chi connectivity index (χ3n) is 2.42. The lowest BCUT2D eigenvalue weighted by Crippen LogP contribution is -2.27. The fraction of sp³-hybridized carbons (Fsp3) is 0.417. The molecule has 0 aliphatic rings. The van der Waals surface area contributed by atoms with E-state index in [2.05, 4.69) is 46.0 Å². The Labute approximate surface area is 111 Å². The van der Waals surface area contributed by atoms with Crippen LogP contribution in [0, 0.1) is 0 Å². The molecule has 0 atom stereocenters. The molecule has 0 saturated heterocycles. The van der Waals surface area contributed by atoms with Gasteiger partial charge >= 0.3 is 0 Å². The summed E-state index contributed by atoms with van der Waals surface area (Å²) in [6, 6.07) is 8.37. The lowest BCUT2D eigenvalue weighted by atomic mass is 10.2. The fourth-order valence-electron chi connectivity index (χ4n) is 1.51. The molecule has 1 aromatic carbocycles. The van der Waals surface area contributed by atoms with Crippen molar-refractivity contribution in [3.63, 3.8) is 0 Å². The minimum atomic E-state index is 0.590. The zero-order chi connectivity index (χ0) is 12.0. The topological polar surface area (TPSA) is 29.3 Å². The van der Waals surface area contributed by atoms with E-state index < -0.39 is 0 Å². The standard InChI is InChI=1S/C12H17BrN2S/c1-2-15(7-6-12(14)16)9-10-4-3-5-11(13)8-10/h3-5,8H,2,6-7,9H2,1H3,(H2,14,16). The Bertz CT molecular complexity index is 355. The van der Waals surface area contributed by atoms with Gasteiger partial charge in [0.1, 0.15) is 0 Å². The first-order valence-electron chi connectivity index (χ1n) is 5.37. The molecule has 16 heavy (non-hydrogen) atoms. The number of halogens is 1. The number of benzene rings is 1. The van der Waals surface area contributed by atoms with E-state index in [-0.39, 0.29) is 0 Å². The number of rotatable bonds is 6. The molecule has 0 aliphatic heterocycles. The van der Waals surface area contributed by atoms with Gasteiger partial charge < -0.3 is 5.73 Å². The van der Waals surface area contributed by atoms with Gasteiger partial charge in [-0.2, -0.15) is 0 Å². The number of hydrogen-bond acceptors (Lipinski definition) is 2. The molecule has 0 aromatic heterocycles. The maximum atomic E-state index is 5.51. The molecule has 0 spiro atoms. The van der Waals surface area contributed by atoms with Crippen LogP contribution in [0.5, 0.6) is 0 Å². The van der Waals surface area contributed by atoms with Crippen molar-refractivity contribution in [3.05, 3.63) is 34.3 Å². The second-order valence-electron chi connectivity index (χ2n) is 3.72. The maximum Gasteiger partial charge on any atom is 0.0740 e. The Kier molecular flexibility index (Phi) is 5.95. The van der Waals surface area contributed by atoms with Gasteiger partial charge in [-0.05, 0) is 24.2 Å². The molecule has 0 aliphatic carbocycles. The van der Waals surface area contributed by atoms with Crippen LogP contribution in [0.25, 0.3) is 0 Å². The first kappa shape index (κ1) is 13.6. The molecule has 0 saturated carbocycles. The minimum absolute atomic E-state index is 0.590. The molecule has 0 radical (unpaired) electrons. The zero-order valence-electron chi connectivity index (χ0n) is 9.45. The van der Waals surface area contributed by atoms with Crippen LogP contribution >= 0.6 is 28.1 Å². The monoisotopic (exact) mass is 300 g/mol. The first-order valence-corrected chi connectivity index (χ1v) is 6.57. The van der Waals surface area contributed by atoms with Gasteiger partial charge in [0.25, 0.3) is 0 Å². The van der Waals surface area contributed by atoms with Crippen molar-refractivity contribution < 1.29 is 0 Å². The summed E-state index contributed by atoms with van der Waals surface area (Å²) in [6.45, 7) is 5.03. The van der Waals surface area contributed by atoms with E-state index >= 15 is 0 Å². The molecular formula is C12H17BrN2S. The highest BCUT2D eigenvalue weighted by atomic mass is 79.9. The Balaban J connectivity index is 2.52. The first-order chi connectivity index (χ1) is 7.61. The molecule has 1 rings (SSSR count). The highest BCUT2D eigenvalue weighted by molar-refractivity contribution is 9.10. The predicted octanol–water partition coefficient (Wildman–Crippen LogP) is 2.95. The van der Waals surface area contributed by atoms with Crippen LogP contribution in [-0.4, -0.2) is 23.0 Å². The SMILES string of the molecule is CCN(CCC(N)=S)Cc1cccc(Br)c1. The Morgan fingerprint density at radius 1 is 1.50 bits per heavy atom. The predicted molar refractivity (Wildman–Crippen MR) is 76.5 cm³/mol. The van der Waals surface area contributed by atoms with Crippen LogP contribution in [0.3, 0.4) is 0 Å². The van der Waals surface area contributed by atoms with Gasteiger partial charge in [-0.1, -0.05) is 47.2 Å². The maximum absolute atomic E-state index is 5.51. The number of thiocarbonyl (C=S) groups is 1. The molecule has 1 aromatic rings. The summed E-state index contributed by atoms with van der Waals surface area (Å²) >= 11 is 8.37. The van der Waals surface area contributed by atoms with Crippen LogP contribution < -0.4 is 5.73 Å². The quantitative estimate of drug-likeness (QED) is 0.819. The normalized spacial score (nSPS) is 10.7. The molecule has 2 N–H and O–H groups in total. The lowest BCUT2D eigenvalue weighted by molar-refractivity contribution is 0.288. The average molecular weight is 301 g/mol. The van der Waals surface area contributed by atoms with Gasteiger partial charge in [0, 0.05) is 24.0 Å². The van der Waals surface area contributed by atoms with Crippen molar-refractivity contribution in [3.8, 4) is 0 Å². The fourth-order valence-corrected chi connectivity index (χ4v) is 2.05. The van der Waals surface area contributed by atoms with Crippen molar-refractivity contribution in [2.45, 2.75) is 19.9 Å². The van der Waals surface area contributed by atoms with Crippen LogP contribution in [-0.2, 0) is 6.54 Å². The molecule has 0 fully saturated rings. The van der Waals surface area contributed by atoms with Gasteiger partial charge in [0.2, 0.25) is 0 Å². The number of nitrogens with two attached hydrogens (primary N) is 1. The number of nitrogens with zero attached hydrogens (tertiary/aromatic N) is 1. The van der Waals surface area contributed by atoms with Gasteiger partial charge in [-0.3, -0.25) is 4.90 Å². The summed E-state index contributed by atoms with van der Waals surface area (Å²) in [5.74, 6) is 0. The minimum Gasteiger partial charge on any atom is -0.393 e. The third kappa shape index (κ3) is 5.05. The summed E-state index contributed by atoms with van der Waals surface area (Å²) < 4.78 is 1.12. The van der Waals surface area contributed by atoms with Crippen molar-refractivity contribution in [1.29, 1.82) is 0 Å². The van der Waals surface area contributed by atoms with Crippen molar-refractivity contribution >= 4 is 33.1 Å². The van der Waals surface area contributed by atoms with E-state index in [1.807, 2.05) is 6.07 Å². The molecule has 4 heteroatoms. The molecule has 0 bridgehead atoms. The highest BCUT2D eigenvalue weighted by Gasteiger charge is 2.04. The molecule has 0 unspecified atom stereocenters. The smallest absolute Gasteiger partial charge is 0.0740 e. The second-order valence-corrected chi connectivity index (χ2v) is 5.16. The molecule has 2 nitrogen and oxygen atoms in total. The Hall–Kier alpha value is -0.450. The van der Waals surface area contributed by atoms with Gasteiger partial charge in [-0.15, -0.1) is 0 Å². The highest BCUT2D eigenvalue weighted by Crippen LogP contribution is 2.13. The van der Waals surface area contributed by atoms with E-state index in [0.29, 0.717) is 4.99 Å². The van der Waals surface area contributed by atoms with E-state index in [9.17, 15) is 0 Å². The van der Waals surface area contributed by atoms with E-state index in [1.165, 1.54) is 5.56 Å². The zero-order valence-corrected chi connectivity index (χ0v) is 11.9. The van der Waals surface area contributed by atoms with Crippen LogP contribution in [0.4, 0.5) is 0 Å². The van der Waals surface area contributed by atoms with Crippen LogP contribution in [0.15, 0.2) is 28.7 Å². The Morgan fingerprint density at radius 3 is 2.81 bits per heavy atom. The summed E-state index contributed by atoms with van der Waals surface area (Å²) in [6.07, 6.45) is 0.789. The second kappa shape index (κ2) is 6.99. The van der Waals surface area contributed by atoms with Gasteiger partial charge in [0.15, 0.2) is 0 Å². The van der Waals surface area contributed by atoms with Gasteiger partial charge in [0.05, 0.1) is 4.99 Å². The van der Waals surface area contributed by atoms with E-state index in [1.54, 1.807) is 0 Å². The van der Waals surface area contributed by atoms with Crippen molar-refractivity contribution in [1.82, 2.24) is 4.90 Å².